The van der Waals surface area contributed by atoms with Crippen molar-refractivity contribution in [3.63, 3.8) is 0 Å². The summed E-state index contributed by atoms with van der Waals surface area (Å²) in [6.45, 7) is 1.72. The first-order chi connectivity index (χ1) is 15.0. The second-order valence-electron chi connectivity index (χ2n) is 12.3. The number of hydrogen-bond donors (Lipinski definition) is 0. The molecule has 0 bridgehead atoms. The summed E-state index contributed by atoms with van der Waals surface area (Å²) in [7, 11) is 0. The molecule has 0 heterocycles. The van der Waals surface area contributed by atoms with E-state index in [-0.39, 0.29) is 0 Å². The van der Waals surface area contributed by atoms with Gasteiger partial charge < -0.3 is 0 Å². The molecular weight excluding hydrogens is 522 g/mol. The molecule has 0 spiro atoms. The zero-order valence-corrected chi connectivity index (χ0v) is 26.0. The van der Waals surface area contributed by atoms with E-state index in [0.717, 1.165) is 77.4 Å². The summed E-state index contributed by atoms with van der Waals surface area (Å²) in [5.41, 5.74) is 0. The molecule has 2 rings (SSSR count). The van der Waals surface area contributed by atoms with Crippen LogP contribution in [0.3, 0.4) is 0 Å². The molecule has 0 amide bonds. The molecule has 0 atom stereocenters. The van der Waals surface area contributed by atoms with Gasteiger partial charge in [0, 0.05) is 0 Å². The minimum atomic E-state index is -2.15. The Bertz CT molecular complexity index is 526. The molecule has 6 heteroatoms. The number of rotatable bonds is 13. The maximum absolute atomic E-state index is 12.5. The van der Waals surface area contributed by atoms with Gasteiger partial charge in [0.2, 0.25) is 0 Å². The van der Waals surface area contributed by atoms with E-state index in [4.69, 9.17) is 9.47 Å². The minimum absolute atomic E-state index is 0.325. The van der Waals surface area contributed by atoms with Crippen molar-refractivity contribution in [2.45, 2.75) is 124 Å². The van der Waals surface area contributed by atoms with E-state index in [1.54, 1.807) is 0 Å². The van der Waals surface area contributed by atoms with Crippen LogP contribution in [0.4, 0.5) is 0 Å². The van der Waals surface area contributed by atoms with Crippen molar-refractivity contribution >= 4 is 35.8 Å². The average Bonchev–Trinajstić information content (AvgIpc) is 2.74. The predicted molar refractivity (Wildman–Crippen MR) is 139 cm³/mol. The molecule has 0 N–H and O–H groups in total. The summed E-state index contributed by atoms with van der Waals surface area (Å²) in [4.78, 5) is 25.0. The quantitative estimate of drug-likeness (QED) is 0.185. The van der Waals surface area contributed by atoms with Crippen molar-refractivity contribution in [3.05, 3.63) is 0 Å². The topological polar surface area (TPSA) is 52.6 Å². The van der Waals surface area contributed by atoms with E-state index in [0.29, 0.717) is 33.3 Å². The van der Waals surface area contributed by atoms with Crippen molar-refractivity contribution in [1.82, 2.24) is 0 Å². The predicted octanol–water partition coefficient (Wildman–Crippen LogP) is 6.59. The van der Waals surface area contributed by atoms with E-state index in [1.165, 1.54) is 12.8 Å². The summed E-state index contributed by atoms with van der Waals surface area (Å²) >= 11 is -4.29. The first-order valence-electron chi connectivity index (χ1n) is 13.3. The Hall–Kier alpha value is 0.346. The fraction of sp³-hybridized carbons (Fsp3) is 0.923. The third-order valence-corrected chi connectivity index (χ3v) is 15.2. The van der Waals surface area contributed by atoms with Gasteiger partial charge in [-0.3, -0.25) is 0 Å². The van der Waals surface area contributed by atoms with Crippen molar-refractivity contribution in [1.29, 1.82) is 0 Å². The van der Waals surface area contributed by atoms with Gasteiger partial charge in [-0.2, -0.15) is 0 Å². The van der Waals surface area contributed by atoms with E-state index >= 15 is 0 Å². The molecule has 0 saturated heterocycles. The van der Waals surface area contributed by atoms with Crippen LogP contribution in [0.1, 0.15) is 77.0 Å². The molecule has 32 heavy (non-hydrogen) atoms. The third-order valence-electron chi connectivity index (χ3n) is 7.31. The van der Waals surface area contributed by atoms with Gasteiger partial charge >= 0.3 is 204 Å². The van der Waals surface area contributed by atoms with Crippen molar-refractivity contribution < 1.29 is 19.1 Å². The second kappa shape index (κ2) is 13.4. The fourth-order valence-electron chi connectivity index (χ4n) is 5.27. The van der Waals surface area contributed by atoms with Crippen molar-refractivity contribution in [2.24, 2.45) is 11.8 Å². The molecule has 0 unspecified atom stereocenters. The van der Waals surface area contributed by atoms with E-state index < -0.39 is 26.5 Å². The normalized spacial score (nSPS) is 27.3. The molecule has 0 aromatic heterocycles. The molecule has 2 saturated carbocycles. The summed E-state index contributed by atoms with van der Waals surface area (Å²) in [6.07, 6.45) is 13.8. The van der Waals surface area contributed by atoms with Crippen LogP contribution in [0.2, 0.25) is 34.5 Å². The monoisotopic (exact) mass is 574 g/mol. The molecule has 186 valence electrons. The number of carbonyl (C=O) groups excluding carboxylic acids is 2. The van der Waals surface area contributed by atoms with Gasteiger partial charge in [-0.25, -0.2) is 0 Å². The average molecular weight is 572 g/mol. The Morgan fingerprint density at radius 3 is 1.16 bits per heavy atom. The number of ether oxygens (including phenoxy) is 2. The van der Waals surface area contributed by atoms with Crippen LogP contribution < -0.4 is 0 Å². The number of hydrogen-bond acceptors (Lipinski definition) is 4. The number of unbranched alkanes of at least 4 members (excludes halogenated alkanes) is 3. The van der Waals surface area contributed by atoms with Crippen molar-refractivity contribution in [3.8, 4) is 0 Å². The van der Waals surface area contributed by atoms with Gasteiger partial charge in [-0.1, -0.05) is 0 Å². The summed E-state index contributed by atoms with van der Waals surface area (Å²) < 4.78 is 13.4. The summed E-state index contributed by atoms with van der Waals surface area (Å²) in [6, 6.07) is 0. The second-order valence-corrected chi connectivity index (χ2v) is 33.3. The van der Waals surface area contributed by atoms with Gasteiger partial charge in [-0.05, 0) is 0 Å². The Kier molecular flexibility index (Phi) is 12.0. The van der Waals surface area contributed by atoms with Crippen LogP contribution in [0.15, 0.2) is 0 Å². The number of carbonyl (C=O) groups is 2. The summed E-state index contributed by atoms with van der Waals surface area (Å²) in [5, 5.41) is 0. The zero-order chi connectivity index (χ0) is 23.8. The summed E-state index contributed by atoms with van der Waals surface area (Å²) in [5.74, 6) is 14.0. The van der Waals surface area contributed by atoms with Crippen LogP contribution in [-0.2, 0) is 19.1 Å². The third kappa shape index (κ3) is 9.91. The van der Waals surface area contributed by atoms with Gasteiger partial charge in [0.25, 0.3) is 0 Å². The van der Waals surface area contributed by atoms with Crippen LogP contribution in [0.25, 0.3) is 0 Å². The van der Waals surface area contributed by atoms with Crippen LogP contribution >= 0.6 is 0 Å². The Balaban J connectivity index is 1.44. The van der Waals surface area contributed by atoms with E-state index in [9.17, 15) is 9.59 Å². The Morgan fingerprint density at radius 1 is 0.562 bits per heavy atom. The molecule has 0 aromatic rings. The molecule has 2 fully saturated rings. The SMILES string of the molecule is [CH3][Ge]([CH3])([CH3])[C](=O)C1CCC(OCCCCCCOC2CCC([C](=O)[Ge]([CH3])([CH3])[CH3])CC2)CC1. The van der Waals surface area contributed by atoms with E-state index in [2.05, 4.69) is 34.5 Å². The van der Waals surface area contributed by atoms with Gasteiger partial charge in [0.05, 0.1) is 0 Å². The first-order valence-corrected chi connectivity index (χ1v) is 28.0. The first kappa shape index (κ1) is 28.6. The Morgan fingerprint density at radius 2 is 0.875 bits per heavy atom. The van der Waals surface area contributed by atoms with Gasteiger partial charge in [-0.15, -0.1) is 0 Å². The fourth-order valence-corrected chi connectivity index (χ4v) is 11.6. The van der Waals surface area contributed by atoms with Gasteiger partial charge in [0.15, 0.2) is 0 Å². The molecule has 0 radical (unpaired) electrons. The molecule has 0 aliphatic heterocycles. The zero-order valence-electron chi connectivity index (χ0n) is 21.8. The molecule has 2 aliphatic carbocycles. The van der Waals surface area contributed by atoms with Crippen LogP contribution in [0.5, 0.6) is 0 Å². The van der Waals surface area contributed by atoms with Crippen molar-refractivity contribution in [2.75, 3.05) is 13.2 Å². The molecular formula is C26H50Ge2O4. The standard InChI is InChI=1S/C26H50Ge2O4/c1-27(2,3)25(29)21-11-15-23(16-12-21)31-19-9-7-8-10-20-32-24-17-13-22(14-18-24)26(30)28(4,5)6/h21-24H,7-20H2,1-6H3. The maximum atomic E-state index is 12.5. The van der Waals surface area contributed by atoms with Crippen LogP contribution in [-0.4, -0.2) is 61.2 Å². The van der Waals surface area contributed by atoms with Gasteiger partial charge in [0.1, 0.15) is 0 Å². The molecule has 2 aliphatic rings. The van der Waals surface area contributed by atoms with Crippen LogP contribution in [0, 0.1) is 11.8 Å². The molecule has 0 aromatic carbocycles. The van der Waals surface area contributed by atoms with E-state index in [1.807, 2.05) is 0 Å². The Labute approximate surface area is 203 Å². The molecule has 4 nitrogen and oxygen atoms in total.